The van der Waals surface area contributed by atoms with E-state index in [4.69, 9.17) is 4.74 Å². The van der Waals surface area contributed by atoms with E-state index in [2.05, 4.69) is 10.6 Å². The molecule has 1 fully saturated rings. The third-order valence-corrected chi connectivity index (χ3v) is 6.89. The summed E-state index contributed by atoms with van der Waals surface area (Å²) < 4.78 is 32.3. The Bertz CT molecular complexity index is 974. The number of carbonyl (C=O) groups excluding carboxylic acids is 1. The first-order chi connectivity index (χ1) is 14.8. The zero-order valence-corrected chi connectivity index (χ0v) is 18.9. The molecular formula is C22H30N4O4S. The van der Waals surface area contributed by atoms with Gasteiger partial charge in [0.2, 0.25) is 10.0 Å². The molecule has 168 valence electrons. The highest BCUT2D eigenvalue weighted by molar-refractivity contribution is 7.89. The Labute approximate surface area is 184 Å². The van der Waals surface area contributed by atoms with E-state index in [1.807, 2.05) is 80.4 Å². The molecule has 0 aliphatic carbocycles. The molecular weight excluding hydrogens is 416 g/mol. The smallest absolute Gasteiger partial charge is 0.319 e. The topological polar surface area (TPSA) is 91.0 Å². The number of benzene rings is 2. The molecule has 2 amide bonds. The van der Waals surface area contributed by atoms with E-state index in [9.17, 15) is 13.2 Å². The third kappa shape index (κ3) is 6.19. The molecule has 1 aliphatic rings. The normalized spacial score (nSPS) is 19.6. The minimum Gasteiger partial charge on any atom is -0.373 e. The summed E-state index contributed by atoms with van der Waals surface area (Å²) in [5, 5.41) is 5.47. The van der Waals surface area contributed by atoms with Crippen molar-refractivity contribution in [2.45, 2.75) is 26.1 Å². The van der Waals surface area contributed by atoms with Crippen LogP contribution in [0.1, 0.15) is 13.8 Å². The van der Waals surface area contributed by atoms with Crippen molar-refractivity contribution in [3.8, 4) is 0 Å². The summed E-state index contributed by atoms with van der Waals surface area (Å²) in [4.78, 5) is 14.4. The van der Waals surface area contributed by atoms with Crippen LogP contribution in [0.25, 0.3) is 0 Å². The molecule has 1 saturated heterocycles. The fraction of sp³-hybridized carbons (Fsp3) is 0.409. The molecule has 8 nitrogen and oxygen atoms in total. The molecule has 0 bridgehead atoms. The van der Waals surface area contributed by atoms with E-state index < -0.39 is 16.1 Å². The fourth-order valence-electron chi connectivity index (χ4n) is 3.61. The maximum Gasteiger partial charge on any atom is 0.319 e. The summed E-state index contributed by atoms with van der Waals surface area (Å²) >= 11 is 0. The highest BCUT2D eigenvalue weighted by atomic mass is 32.2. The zero-order valence-electron chi connectivity index (χ0n) is 18.1. The van der Waals surface area contributed by atoms with Crippen molar-refractivity contribution < 1.29 is 17.9 Å². The summed E-state index contributed by atoms with van der Waals surface area (Å²) in [6, 6.07) is 16.8. The van der Waals surface area contributed by atoms with Crippen LogP contribution in [0.15, 0.2) is 54.6 Å². The number of nitrogens with zero attached hydrogens (tertiary/aromatic N) is 2. The van der Waals surface area contributed by atoms with Crippen LogP contribution in [0.2, 0.25) is 0 Å². The van der Waals surface area contributed by atoms with E-state index >= 15 is 0 Å². The first-order valence-electron chi connectivity index (χ1n) is 10.3. The number of amides is 2. The largest absolute Gasteiger partial charge is 0.373 e. The van der Waals surface area contributed by atoms with Crippen molar-refractivity contribution in [2.75, 3.05) is 42.7 Å². The molecule has 0 spiro atoms. The molecule has 9 heteroatoms. The van der Waals surface area contributed by atoms with Crippen molar-refractivity contribution >= 4 is 33.1 Å². The average molecular weight is 447 g/mol. The second-order valence-electron chi connectivity index (χ2n) is 7.68. The molecule has 0 saturated carbocycles. The van der Waals surface area contributed by atoms with Crippen LogP contribution in [-0.4, -0.2) is 63.4 Å². The monoisotopic (exact) mass is 446 g/mol. The minimum absolute atomic E-state index is 0.0188. The van der Waals surface area contributed by atoms with Gasteiger partial charge in [0.25, 0.3) is 0 Å². The zero-order chi connectivity index (χ0) is 22.4. The first-order valence-corrected chi connectivity index (χ1v) is 11.9. The van der Waals surface area contributed by atoms with Crippen molar-refractivity contribution in [1.82, 2.24) is 9.62 Å². The van der Waals surface area contributed by atoms with E-state index in [0.29, 0.717) is 18.8 Å². The Morgan fingerprint density at radius 2 is 1.68 bits per heavy atom. The molecule has 31 heavy (non-hydrogen) atoms. The number of rotatable bonds is 7. The van der Waals surface area contributed by atoms with Crippen molar-refractivity contribution in [2.24, 2.45) is 0 Å². The number of hydrogen-bond acceptors (Lipinski definition) is 5. The van der Waals surface area contributed by atoms with Gasteiger partial charge >= 0.3 is 6.03 Å². The van der Waals surface area contributed by atoms with Gasteiger partial charge in [0, 0.05) is 32.4 Å². The van der Waals surface area contributed by atoms with Gasteiger partial charge in [-0.2, -0.15) is 4.31 Å². The molecule has 1 heterocycles. The van der Waals surface area contributed by atoms with Gasteiger partial charge in [-0.15, -0.1) is 0 Å². The van der Waals surface area contributed by atoms with Crippen LogP contribution in [-0.2, 0) is 14.8 Å². The van der Waals surface area contributed by atoms with Gasteiger partial charge < -0.3 is 20.3 Å². The van der Waals surface area contributed by atoms with Gasteiger partial charge in [-0.1, -0.05) is 30.3 Å². The van der Waals surface area contributed by atoms with Gasteiger partial charge in [-0.3, -0.25) is 0 Å². The van der Waals surface area contributed by atoms with Crippen LogP contribution in [0.3, 0.4) is 0 Å². The number of carbonyl (C=O) groups is 1. The molecule has 2 atom stereocenters. The number of hydrogen-bond donors (Lipinski definition) is 2. The number of para-hydroxylation sites is 3. The highest BCUT2D eigenvalue weighted by Gasteiger charge is 2.30. The second kappa shape index (κ2) is 10.1. The molecule has 0 aromatic heterocycles. The van der Waals surface area contributed by atoms with E-state index in [1.54, 1.807) is 0 Å². The highest BCUT2D eigenvalue weighted by Crippen LogP contribution is 2.30. The molecule has 0 radical (unpaired) electrons. The Morgan fingerprint density at radius 1 is 1.06 bits per heavy atom. The van der Waals surface area contributed by atoms with E-state index in [0.717, 1.165) is 11.4 Å². The van der Waals surface area contributed by atoms with Gasteiger partial charge in [-0.25, -0.2) is 13.2 Å². The predicted octanol–water partition coefficient (Wildman–Crippen LogP) is 3.02. The lowest BCUT2D eigenvalue weighted by Crippen LogP contribution is -2.49. The Balaban J connectivity index is 1.57. The summed E-state index contributed by atoms with van der Waals surface area (Å²) in [6.07, 6.45) is -0.291. The fourth-order valence-corrected chi connectivity index (χ4v) is 5.10. The summed E-state index contributed by atoms with van der Waals surface area (Å²) in [5.41, 5.74) is 2.44. The quantitative estimate of drug-likeness (QED) is 0.682. The Hall–Kier alpha value is -2.62. The van der Waals surface area contributed by atoms with Gasteiger partial charge in [-0.05, 0) is 38.1 Å². The number of nitrogens with one attached hydrogen (secondary N) is 2. The molecule has 2 N–H and O–H groups in total. The van der Waals surface area contributed by atoms with Crippen LogP contribution in [0.5, 0.6) is 0 Å². The standard InChI is InChI=1S/C22H30N4O4S/c1-17-15-26(16-18(2)30-17)31(28,29)14-13-23-22(27)24-20-11-7-8-12-21(20)25(3)19-9-5-4-6-10-19/h4-12,17-18H,13-16H2,1-3H3,(H2,23,24,27)/t17-,18-/m0/s1. The van der Waals surface area contributed by atoms with E-state index in [1.165, 1.54) is 4.31 Å². The lowest BCUT2D eigenvalue weighted by molar-refractivity contribution is -0.0440. The lowest BCUT2D eigenvalue weighted by Gasteiger charge is -2.34. The number of urea groups is 1. The van der Waals surface area contributed by atoms with Crippen molar-refractivity contribution in [3.63, 3.8) is 0 Å². The van der Waals surface area contributed by atoms with Crippen LogP contribution >= 0.6 is 0 Å². The maximum atomic E-state index is 12.6. The first kappa shape index (κ1) is 23.1. The van der Waals surface area contributed by atoms with Crippen LogP contribution < -0.4 is 15.5 Å². The average Bonchev–Trinajstić information content (AvgIpc) is 2.73. The third-order valence-electron chi connectivity index (χ3n) is 5.08. The van der Waals surface area contributed by atoms with Crippen molar-refractivity contribution in [1.29, 1.82) is 0 Å². The van der Waals surface area contributed by atoms with Gasteiger partial charge in [0.05, 0.1) is 29.3 Å². The molecule has 3 rings (SSSR count). The Kier molecular flexibility index (Phi) is 7.53. The van der Waals surface area contributed by atoms with Gasteiger partial charge in [0.15, 0.2) is 0 Å². The summed E-state index contributed by atoms with van der Waals surface area (Å²) in [5.74, 6) is -0.161. The SMILES string of the molecule is C[C@H]1CN(S(=O)(=O)CCNC(=O)Nc2ccccc2N(C)c2ccccc2)C[C@H](C)O1. The van der Waals surface area contributed by atoms with Crippen LogP contribution in [0.4, 0.5) is 21.9 Å². The maximum absolute atomic E-state index is 12.6. The van der Waals surface area contributed by atoms with Crippen molar-refractivity contribution in [3.05, 3.63) is 54.6 Å². The summed E-state index contributed by atoms with van der Waals surface area (Å²) in [6.45, 7) is 4.39. The molecule has 2 aromatic carbocycles. The molecule has 0 unspecified atom stereocenters. The predicted molar refractivity (Wildman–Crippen MR) is 123 cm³/mol. The minimum atomic E-state index is -3.47. The van der Waals surface area contributed by atoms with Crippen LogP contribution in [0, 0.1) is 0 Å². The number of sulfonamides is 1. The Morgan fingerprint density at radius 3 is 2.35 bits per heavy atom. The second-order valence-corrected chi connectivity index (χ2v) is 9.77. The molecule has 2 aromatic rings. The van der Waals surface area contributed by atoms with Gasteiger partial charge in [0.1, 0.15) is 0 Å². The summed E-state index contributed by atoms with van der Waals surface area (Å²) in [7, 11) is -1.55. The number of anilines is 3. The van der Waals surface area contributed by atoms with E-state index in [-0.39, 0.29) is 24.5 Å². The lowest BCUT2D eigenvalue weighted by atomic mass is 10.2. The number of morpholine rings is 1. The number of ether oxygens (including phenoxy) is 1. The molecule has 1 aliphatic heterocycles.